The van der Waals surface area contributed by atoms with Crippen LogP contribution in [0.4, 0.5) is 0 Å². The molecule has 3 aromatic carbocycles. The van der Waals surface area contributed by atoms with Crippen molar-refractivity contribution >= 4 is 39.7 Å². The van der Waals surface area contributed by atoms with Crippen LogP contribution in [0, 0.1) is 0 Å². The molecule has 2 aromatic heterocycles. The summed E-state index contributed by atoms with van der Waals surface area (Å²) in [5, 5.41) is 13.3. The van der Waals surface area contributed by atoms with Crippen LogP contribution >= 0.6 is 11.8 Å². The van der Waals surface area contributed by atoms with Gasteiger partial charge in [0.25, 0.3) is 0 Å². The third kappa shape index (κ3) is 5.83. The van der Waals surface area contributed by atoms with Crippen LogP contribution in [0.15, 0.2) is 84.0 Å². The molecule has 0 fully saturated rings. The lowest BCUT2D eigenvalue weighted by Gasteiger charge is -2.19. The highest BCUT2D eigenvalue weighted by Gasteiger charge is 2.17. The summed E-state index contributed by atoms with van der Waals surface area (Å²) in [6, 6.07) is 27.1. The summed E-state index contributed by atoms with van der Waals surface area (Å²) in [5.41, 5.74) is 6.45. The smallest absolute Gasteiger partial charge is 0.230 e. The number of rotatable bonds is 8. The SMILES string of the molecule is CC(C)(C)c1ccc(Cn2c3ccccc3c3nnc(SCC(=O)NCCc4ccccc4)nc32)cc1. The first kappa shape index (κ1) is 25.0. The standard InChI is InChI=1S/C30H31N5OS/c1-30(2,3)23-15-13-22(14-16-23)19-35-25-12-8-7-11-24(25)27-28(35)32-29(34-33-27)37-20-26(36)31-18-17-21-9-5-4-6-10-21/h4-16H,17-20H2,1-3H3,(H,31,36). The van der Waals surface area contributed by atoms with Crippen molar-refractivity contribution in [2.75, 3.05) is 12.3 Å². The van der Waals surface area contributed by atoms with E-state index in [1.54, 1.807) is 0 Å². The largest absolute Gasteiger partial charge is 0.355 e. The second kappa shape index (κ2) is 10.7. The maximum absolute atomic E-state index is 12.4. The summed E-state index contributed by atoms with van der Waals surface area (Å²) in [4.78, 5) is 17.2. The first-order valence-electron chi connectivity index (χ1n) is 12.5. The van der Waals surface area contributed by atoms with Gasteiger partial charge in [-0.3, -0.25) is 4.79 Å². The topological polar surface area (TPSA) is 72.7 Å². The third-order valence-electron chi connectivity index (χ3n) is 6.43. The molecule has 1 N–H and O–H groups in total. The van der Waals surface area contributed by atoms with Crippen molar-refractivity contribution in [2.45, 2.75) is 44.3 Å². The summed E-state index contributed by atoms with van der Waals surface area (Å²) in [5.74, 6) is 0.209. The second-order valence-corrected chi connectivity index (χ2v) is 11.1. The van der Waals surface area contributed by atoms with Gasteiger partial charge in [0.1, 0.15) is 5.52 Å². The minimum Gasteiger partial charge on any atom is -0.355 e. The molecule has 0 saturated carbocycles. The summed E-state index contributed by atoms with van der Waals surface area (Å²) in [6.45, 7) is 7.95. The molecule has 5 rings (SSSR count). The molecule has 1 amide bonds. The van der Waals surface area contributed by atoms with Gasteiger partial charge in [0.15, 0.2) is 5.65 Å². The van der Waals surface area contributed by atoms with Gasteiger partial charge < -0.3 is 9.88 Å². The zero-order chi connectivity index (χ0) is 25.8. The molecular weight excluding hydrogens is 478 g/mol. The number of hydrogen-bond donors (Lipinski definition) is 1. The van der Waals surface area contributed by atoms with E-state index in [2.05, 4.69) is 89.4 Å². The summed E-state index contributed by atoms with van der Waals surface area (Å²) < 4.78 is 2.19. The van der Waals surface area contributed by atoms with Gasteiger partial charge >= 0.3 is 0 Å². The van der Waals surface area contributed by atoms with E-state index in [1.165, 1.54) is 28.5 Å². The number of benzene rings is 3. The Hall–Kier alpha value is -3.71. The van der Waals surface area contributed by atoms with Crippen LogP contribution in [0.25, 0.3) is 22.1 Å². The maximum atomic E-state index is 12.4. The van der Waals surface area contributed by atoms with Crippen LogP contribution in [-0.2, 0) is 23.2 Å². The van der Waals surface area contributed by atoms with Gasteiger partial charge in [0, 0.05) is 18.5 Å². The maximum Gasteiger partial charge on any atom is 0.230 e. The van der Waals surface area contributed by atoms with E-state index in [-0.39, 0.29) is 17.1 Å². The number of nitrogens with zero attached hydrogens (tertiary/aromatic N) is 4. The lowest BCUT2D eigenvalue weighted by molar-refractivity contribution is -0.118. The molecule has 0 aliphatic carbocycles. The van der Waals surface area contributed by atoms with Crippen LogP contribution < -0.4 is 5.32 Å². The van der Waals surface area contributed by atoms with Crippen molar-refractivity contribution in [1.82, 2.24) is 25.1 Å². The Kier molecular flexibility index (Phi) is 7.24. The molecule has 6 nitrogen and oxygen atoms in total. The molecule has 0 aliphatic heterocycles. The van der Waals surface area contributed by atoms with Crippen molar-refractivity contribution in [1.29, 1.82) is 0 Å². The Balaban J connectivity index is 1.33. The second-order valence-electron chi connectivity index (χ2n) is 10.2. The molecule has 7 heteroatoms. The highest BCUT2D eigenvalue weighted by atomic mass is 32.2. The molecule has 188 valence electrons. The first-order chi connectivity index (χ1) is 17.9. The minimum atomic E-state index is -0.0379. The molecule has 0 radical (unpaired) electrons. The summed E-state index contributed by atoms with van der Waals surface area (Å²) in [7, 11) is 0. The predicted molar refractivity (Wildman–Crippen MR) is 151 cm³/mol. The number of aromatic nitrogens is 4. The van der Waals surface area contributed by atoms with Crippen molar-refractivity contribution in [3.63, 3.8) is 0 Å². The quantitative estimate of drug-likeness (QED) is 0.269. The number of carbonyl (C=O) groups is 1. The molecule has 37 heavy (non-hydrogen) atoms. The van der Waals surface area contributed by atoms with Gasteiger partial charge in [-0.25, -0.2) is 4.98 Å². The average Bonchev–Trinajstić information content (AvgIpc) is 3.21. The molecule has 0 unspecified atom stereocenters. The number of amides is 1. The highest BCUT2D eigenvalue weighted by Crippen LogP contribution is 2.29. The Morgan fingerprint density at radius 2 is 1.62 bits per heavy atom. The van der Waals surface area contributed by atoms with E-state index in [0.29, 0.717) is 18.2 Å². The van der Waals surface area contributed by atoms with Crippen molar-refractivity contribution < 1.29 is 4.79 Å². The molecule has 0 saturated heterocycles. The minimum absolute atomic E-state index is 0.0379. The van der Waals surface area contributed by atoms with E-state index >= 15 is 0 Å². The third-order valence-corrected chi connectivity index (χ3v) is 7.26. The number of fused-ring (bicyclic) bond motifs is 3. The number of thioether (sulfide) groups is 1. The first-order valence-corrected chi connectivity index (χ1v) is 13.5. The van der Waals surface area contributed by atoms with Crippen LogP contribution in [0.5, 0.6) is 0 Å². The van der Waals surface area contributed by atoms with Gasteiger partial charge in [0.05, 0.1) is 11.3 Å². The predicted octanol–water partition coefficient (Wildman–Crippen LogP) is 5.78. The van der Waals surface area contributed by atoms with Crippen LogP contribution in [-0.4, -0.2) is 38.0 Å². The van der Waals surface area contributed by atoms with Crippen LogP contribution in [0.2, 0.25) is 0 Å². The van der Waals surface area contributed by atoms with Crippen molar-refractivity contribution in [3.05, 3.63) is 95.6 Å². The van der Waals surface area contributed by atoms with Gasteiger partial charge in [0.2, 0.25) is 11.1 Å². The van der Waals surface area contributed by atoms with Gasteiger partial charge in [-0.15, -0.1) is 10.2 Å². The fourth-order valence-corrected chi connectivity index (χ4v) is 4.99. The molecule has 0 aliphatic rings. The van der Waals surface area contributed by atoms with Gasteiger partial charge in [-0.2, -0.15) is 0 Å². The molecule has 2 heterocycles. The Labute approximate surface area is 221 Å². The van der Waals surface area contributed by atoms with E-state index in [4.69, 9.17) is 4.98 Å². The monoisotopic (exact) mass is 509 g/mol. The fourth-order valence-electron chi connectivity index (χ4n) is 4.38. The average molecular weight is 510 g/mol. The summed E-state index contributed by atoms with van der Waals surface area (Å²) in [6.07, 6.45) is 0.804. The lowest BCUT2D eigenvalue weighted by Crippen LogP contribution is -2.27. The number of nitrogens with one attached hydrogen (secondary N) is 1. The Bertz CT molecular complexity index is 1520. The van der Waals surface area contributed by atoms with Crippen LogP contribution in [0.1, 0.15) is 37.5 Å². The Morgan fingerprint density at radius 3 is 2.38 bits per heavy atom. The zero-order valence-electron chi connectivity index (χ0n) is 21.4. The molecular formula is C30H31N5OS. The van der Waals surface area contributed by atoms with Crippen LogP contribution in [0.3, 0.4) is 0 Å². The fraction of sp³-hybridized carbons (Fsp3) is 0.267. The zero-order valence-corrected chi connectivity index (χ0v) is 22.3. The van der Waals surface area contributed by atoms with E-state index < -0.39 is 0 Å². The van der Waals surface area contributed by atoms with E-state index in [9.17, 15) is 4.79 Å². The normalized spacial score (nSPS) is 11.8. The van der Waals surface area contributed by atoms with Gasteiger partial charge in [-0.1, -0.05) is 105 Å². The number of hydrogen-bond acceptors (Lipinski definition) is 5. The highest BCUT2D eigenvalue weighted by molar-refractivity contribution is 7.99. The lowest BCUT2D eigenvalue weighted by atomic mass is 9.87. The van der Waals surface area contributed by atoms with Gasteiger partial charge in [-0.05, 0) is 34.6 Å². The number of para-hydroxylation sites is 1. The van der Waals surface area contributed by atoms with Crippen molar-refractivity contribution in [3.8, 4) is 0 Å². The van der Waals surface area contributed by atoms with Crippen molar-refractivity contribution in [2.24, 2.45) is 0 Å². The number of carbonyl (C=O) groups excluding carboxylic acids is 1. The van der Waals surface area contributed by atoms with E-state index in [1.807, 2.05) is 30.3 Å². The molecule has 0 bridgehead atoms. The molecule has 0 spiro atoms. The Morgan fingerprint density at radius 1 is 0.892 bits per heavy atom. The van der Waals surface area contributed by atoms with E-state index in [0.717, 1.165) is 28.5 Å². The molecule has 0 atom stereocenters. The molecule has 5 aromatic rings. The summed E-state index contributed by atoms with van der Waals surface area (Å²) >= 11 is 1.31.